The molecule has 3 aliphatic rings. The number of carbonyl (C=O) groups is 2. The van der Waals surface area contributed by atoms with Gasteiger partial charge in [-0.25, -0.2) is 13.4 Å². The third-order valence-electron chi connectivity index (χ3n) is 5.69. The zero-order valence-electron chi connectivity index (χ0n) is 14.7. The van der Waals surface area contributed by atoms with Gasteiger partial charge in [0.05, 0.1) is 34.7 Å². The molecule has 2 saturated heterocycles. The van der Waals surface area contributed by atoms with Crippen molar-refractivity contribution in [1.82, 2.24) is 15.2 Å². The molecule has 2 aliphatic heterocycles. The van der Waals surface area contributed by atoms with E-state index < -0.39 is 21.8 Å². The summed E-state index contributed by atoms with van der Waals surface area (Å²) in [6, 6.07) is -0.409. The van der Waals surface area contributed by atoms with Crippen LogP contribution in [0.1, 0.15) is 41.0 Å². The molecule has 0 aromatic carbocycles. The molecule has 2 amide bonds. The van der Waals surface area contributed by atoms with Gasteiger partial charge in [0, 0.05) is 12.6 Å². The monoisotopic (exact) mass is 397 g/mol. The van der Waals surface area contributed by atoms with Crippen LogP contribution in [0.4, 0.5) is 0 Å². The standard InChI is InChI=1S/C17H23N3O4S2/c1-10-15(25-9-18-10)16(21)19-13-8-26(23,24)7-12(13)17(22)20-6-2-3-14(20)11-4-5-11/h9,11-14H,2-8H2,1H3,(H,19,21)/t12-,13-,14?/m1/s1. The van der Waals surface area contributed by atoms with Crippen molar-refractivity contribution in [2.75, 3.05) is 18.1 Å². The van der Waals surface area contributed by atoms with Crippen molar-refractivity contribution in [3.05, 3.63) is 16.1 Å². The van der Waals surface area contributed by atoms with Gasteiger partial charge in [-0.1, -0.05) is 0 Å². The fourth-order valence-electron chi connectivity index (χ4n) is 4.24. The van der Waals surface area contributed by atoms with Gasteiger partial charge in [-0.3, -0.25) is 9.59 Å². The first-order valence-electron chi connectivity index (χ1n) is 9.07. The van der Waals surface area contributed by atoms with Crippen LogP contribution in [0.15, 0.2) is 5.51 Å². The zero-order chi connectivity index (χ0) is 18.5. The SMILES string of the molecule is Cc1ncsc1C(=O)N[C@@H]1CS(=O)(=O)C[C@H]1C(=O)N1CCCC1C1CC1. The molecule has 142 valence electrons. The fourth-order valence-corrected chi connectivity index (χ4v) is 6.86. The maximum absolute atomic E-state index is 13.1. The van der Waals surface area contributed by atoms with Crippen LogP contribution in [-0.4, -0.2) is 60.3 Å². The normalized spacial score (nSPS) is 30.5. The van der Waals surface area contributed by atoms with E-state index in [1.807, 2.05) is 4.90 Å². The van der Waals surface area contributed by atoms with Crippen molar-refractivity contribution in [2.24, 2.45) is 11.8 Å². The summed E-state index contributed by atoms with van der Waals surface area (Å²) < 4.78 is 24.4. The second kappa shape index (κ2) is 6.60. The minimum atomic E-state index is -3.34. The lowest BCUT2D eigenvalue weighted by Crippen LogP contribution is -2.49. The van der Waals surface area contributed by atoms with Crippen LogP contribution in [0, 0.1) is 18.8 Å². The Balaban J connectivity index is 1.52. The van der Waals surface area contributed by atoms with Crippen LogP contribution in [0.5, 0.6) is 0 Å². The van der Waals surface area contributed by atoms with Crippen LogP contribution >= 0.6 is 11.3 Å². The first-order chi connectivity index (χ1) is 12.4. The first-order valence-corrected chi connectivity index (χ1v) is 11.8. The van der Waals surface area contributed by atoms with E-state index in [2.05, 4.69) is 10.3 Å². The van der Waals surface area contributed by atoms with Crippen LogP contribution in [-0.2, 0) is 14.6 Å². The Bertz CT molecular complexity index is 831. The molecule has 0 spiro atoms. The van der Waals surface area contributed by atoms with E-state index in [1.165, 1.54) is 11.3 Å². The molecule has 9 heteroatoms. The van der Waals surface area contributed by atoms with Crippen molar-refractivity contribution in [1.29, 1.82) is 0 Å². The summed E-state index contributed by atoms with van der Waals surface area (Å²) in [5.41, 5.74) is 2.20. The quantitative estimate of drug-likeness (QED) is 0.817. The lowest BCUT2D eigenvalue weighted by Gasteiger charge is -2.29. The number of amides is 2. The number of aromatic nitrogens is 1. The number of aryl methyl sites for hydroxylation is 1. The highest BCUT2D eigenvalue weighted by atomic mass is 32.2. The molecule has 1 N–H and O–H groups in total. The molecule has 1 unspecified atom stereocenters. The van der Waals surface area contributed by atoms with E-state index in [9.17, 15) is 18.0 Å². The summed E-state index contributed by atoms with van der Waals surface area (Å²) in [4.78, 5) is 32.0. The summed E-state index contributed by atoms with van der Waals surface area (Å²) in [6.45, 7) is 2.44. The number of carbonyl (C=O) groups excluding carboxylic acids is 2. The highest BCUT2D eigenvalue weighted by Crippen LogP contribution is 2.41. The van der Waals surface area contributed by atoms with E-state index >= 15 is 0 Å². The Labute approximate surface area is 157 Å². The van der Waals surface area contributed by atoms with Gasteiger partial charge in [0.15, 0.2) is 9.84 Å². The largest absolute Gasteiger partial charge is 0.347 e. The van der Waals surface area contributed by atoms with E-state index in [-0.39, 0.29) is 29.4 Å². The topological polar surface area (TPSA) is 96.4 Å². The lowest BCUT2D eigenvalue weighted by molar-refractivity contribution is -0.136. The Hall–Kier alpha value is -1.48. The molecule has 0 radical (unpaired) electrons. The smallest absolute Gasteiger partial charge is 0.263 e. The van der Waals surface area contributed by atoms with Crippen LogP contribution in [0.25, 0.3) is 0 Å². The molecular formula is C17H23N3O4S2. The van der Waals surface area contributed by atoms with Crippen molar-refractivity contribution in [2.45, 2.75) is 44.7 Å². The number of rotatable bonds is 4. The van der Waals surface area contributed by atoms with Crippen molar-refractivity contribution >= 4 is 33.0 Å². The summed E-state index contributed by atoms with van der Waals surface area (Å²) in [5.74, 6) is -0.901. The number of nitrogens with one attached hydrogen (secondary N) is 1. The highest BCUT2D eigenvalue weighted by Gasteiger charge is 2.48. The predicted octanol–water partition coefficient (Wildman–Crippen LogP) is 0.996. The summed E-state index contributed by atoms with van der Waals surface area (Å²) in [7, 11) is -3.34. The van der Waals surface area contributed by atoms with E-state index in [0.29, 0.717) is 23.0 Å². The van der Waals surface area contributed by atoms with E-state index in [1.54, 1.807) is 12.4 Å². The molecule has 1 aliphatic carbocycles. The van der Waals surface area contributed by atoms with Gasteiger partial charge < -0.3 is 10.2 Å². The van der Waals surface area contributed by atoms with Gasteiger partial charge in [0.25, 0.3) is 5.91 Å². The molecule has 26 heavy (non-hydrogen) atoms. The van der Waals surface area contributed by atoms with Crippen molar-refractivity contribution in [3.8, 4) is 0 Å². The van der Waals surface area contributed by atoms with E-state index in [4.69, 9.17) is 0 Å². The summed E-state index contributed by atoms with van der Waals surface area (Å²) >= 11 is 1.22. The lowest BCUT2D eigenvalue weighted by atomic mass is 10.0. The minimum absolute atomic E-state index is 0.105. The van der Waals surface area contributed by atoms with Crippen molar-refractivity contribution < 1.29 is 18.0 Å². The van der Waals surface area contributed by atoms with E-state index in [0.717, 1.165) is 25.7 Å². The average molecular weight is 398 g/mol. The Morgan fingerprint density at radius 2 is 2.04 bits per heavy atom. The number of hydrogen-bond donors (Lipinski definition) is 1. The third-order valence-corrected chi connectivity index (χ3v) is 8.35. The maximum Gasteiger partial charge on any atom is 0.263 e. The molecule has 1 aromatic rings. The number of thiazole rings is 1. The fraction of sp³-hybridized carbons (Fsp3) is 0.706. The molecule has 3 atom stereocenters. The highest BCUT2D eigenvalue weighted by molar-refractivity contribution is 7.91. The van der Waals surface area contributed by atoms with Crippen molar-refractivity contribution in [3.63, 3.8) is 0 Å². The Morgan fingerprint density at radius 3 is 2.69 bits per heavy atom. The Kier molecular flexibility index (Phi) is 4.54. The number of sulfone groups is 1. The van der Waals surface area contributed by atoms with Crippen LogP contribution in [0.2, 0.25) is 0 Å². The number of nitrogens with zero attached hydrogens (tertiary/aromatic N) is 2. The summed E-state index contributed by atoms with van der Waals surface area (Å²) in [6.07, 6.45) is 4.29. The van der Waals surface area contributed by atoms with Crippen LogP contribution in [0.3, 0.4) is 0 Å². The van der Waals surface area contributed by atoms with Gasteiger partial charge in [-0.05, 0) is 38.5 Å². The Morgan fingerprint density at radius 1 is 1.27 bits per heavy atom. The molecule has 3 fully saturated rings. The molecule has 7 nitrogen and oxygen atoms in total. The minimum Gasteiger partial charge on any atom is -0.347 e. The molecule has 1 aromatic heterocycles. The van der Waals surface area contributed by atoms with Gasteiger partial charge in [-0.15, -0.1) is 11.3 Å². The number of hydrogen-bond acceptors (Lipinski definition) is 6. The average Bonchev–Trinajstić information content (AvgIpc) is 3.01. The van der Waals surface area contributed by atoms with Gasteiger partial charge in [-0.2, -0.15) is 0 Å². The zero-order valence-corrected chi connectivity index (χ0v) is 16.3. The second-order valence-electron chi connectivity index (χ2n) is 7.61. The molecular weight excluding hydrogens is 374 g/mol. The van der Waals surface area contributed by atoms with Gasteiger partial charge >= 0.3 is 0 Å². The first kappa shape index (κ1) is 17.9. The molecule has 4 rings (SSSR count). The summed E-state index contributed by atoms with van der Waals surface area (Å²) in [5, 5.41) is 2.80. The molecule has 0 bridgehead atoms. The predicted molar refractivity (Wildman–Crippen MR) is 97.7 cm³/mol. The molecule has 1 saturated carbocycles. The third kappa shape index (κ3) is 3.38. The maximum atomic E-state index is 13.1. The van der Waals surface area contributed by atoms with Gasteiger partial charge in [0.1, 0.15) is 4.88 Å². The van der Waals surface area contributed by atoms with Gasteiger partial charge in [0.2, 0.25) is 5.91 Å². The second-order valence-corrected chi connectivity index (χ2v) is 10.6. The molecule has 3 heterocycles. The number of likely N-dealkylation sites (tertiary alicyclic amines) is 1. The van der Waals surface area contributed by atoms with Crippen LogP contribution < -0.4 is 5.32 Å².